The summed E-state index contributed by atoms with van der Waals surface area (Å²) in [7, 11) is 0. The summed E-state index contributed by atoms with van der Waals surface area (Å²) in [6.07, 6.45) is 0.963. The summed E-state index contributed by atoms with van der Waals surface area (Å²) in [6.45, 7) is 2.17. The highest BCUT2D eigenvalue weighted by Gasteiger charge is 2.39. The van der Waals surface area contributed by atoms with E-state index in [1.807, 2.05) is 31.2 Å². The zero-order valence-electron chi connectivity index (χ0n) is 17.8. The quantitative estimate of drug-likeness (QED) is 0.460. The molecule has 1 unspecified atom stereocenters. The van der Waals surface area contributed by atoms with Crippen LogP contribution in [0.15, 0.2) is 42.5 Å². The Bertz CT molecular complexity index is 1180. The molecular formula is C22H22N6O4S. The van der Waals surface area contributed by atoms with E-state index in [4.69, 9.17) is 0 Å². The lowest BCUT2D eigenvalue weighted by Crippen LogP contribution is -2.33. The minimum absolute atomic E-state index is 0.0868. The Kier molecular flexibility index (Phi) is 6.68. The van der Waals surface area contributed by atoms with Crippen LogP contribution in [0.5, 0.6) is 5.75 Å². The fraction of sp³-hybridized carbons (Fsp3) is 0.273. The van der Waals surface area contributed by atoms with Crippen molar-refractivity contribution in [3.05, 3.63) is 53.6 Å². The number of nitrogens with one attached hydrogen (secondary N) is 2. The molecule has 0 bridgehead atoms. The number of aromatic amines is 1. The number of hydrogen-bond acceptors (Lipinski definition) is 8. The summed E-state index contributed by atoms with van der Waals surface area (Å²) in [5.41, 5.74) is 2.94. The summed E-state index contributed by atoms with van der Waals surface area (Å²) >= 11 is 1.04. The Hall–Kier alpha value is -3.73. The van der Waals surface area contributed by atoms with E-state index >= 15 is 0 Å². The van der Waals surface area contributed by atoms with Crippen molar-refractivity contribution in [2.24, 2.45) is 0 Å². The highest BCUT2D eigenvalue weighted by Crippen LogP contribution is 2.31. The van der Waals surface area contributed by atoms with Gasteiger partial charge in [-0.3, -0.25) is 19.3 Å². The largest absolute Gasteiger partial charge is 0.507 e. The summed E-state index contributed by atoms with van der Waals surface area (Å²) < 4.78 is 0. The van der Waals surface area contributed by atoms with Crippen molar-refractivity contribution in [1.29, 1.82) is 0 Å². The molecule has 1 fully saturated rings. The van der Waals surface area contributed by atoms with Crippen molar-refractivity contribution in [3.63, 3.8) is 0 Å². The predicted molar refractivity (Wildman–Crippen MR) is 123 cm³/mol. The molecule has 10 nitrogen and oxygen atoms in total. The van der Waals surface area contributed by atoms with Gasteiger partial charge >= 0.3 is 0 Å². The lowest BCUT2D eigenvalue weighted by atomic mass is 10.1. The molecule has 170 valence electrons. The van der Waals surface area contributed by atoms with Gasteiger partial charge in [-0.05, 0) is 47.9 Å². The molecule has 0 radical (unpaired) electrons. The molecule has 1 saturated heterocycles. The average molecular weight is 467 g/mol. The molecule has 1 aliphatic heterocycles. The summed E-state index contributed by atoms with van der Waals surface area (Å²) in [5, 5.41) is 25.3. The number of aromatic nitrogens is 4. The van der Waals surface area contributed by atoms with Gasteiger partial charge in [-0.15, -0.1) is 5.10 Å². The monoisotopic (exact) mass is 466 g/mol. The number of amides is 3. The Morgan fingerprint density at radius 1 is 1.24 bits per heavy atom. The first-order chi connectivity index (χ1) is 15.9. The molecule has 1 atom stereocenters. The third kappa shape index (κ3) is 5.37. The smallest absolute Gasteiger partial charge is 0.289 e. The summed E-state index contributed by atoms with van der Waals surface area (Å²) in [4.78, 5) is 38.5. The maximum atomic E-state index is 12.7. The van der Waals surface area contributed by atoms with Gasteiger partial charge in [-0.1, -0.05) is 41.6 Å². The number of phenolic OH excluding ortho intramolecular Hbond substituents is 1. The number of carbonyl (C=O) groups excluding carboxylic acids is 3. The third-order valence-corrected chi connectivity index (χ3v) is 6.25. The van der Waals surface area contributed by atoms with Gasteiger partial charge in [0.25, 0.3) is 5.24 Å². The topological polar surface area (TPSA) is 141 Å². The first-order valence-corrected chi connectivity index (χ1v) is 11.2. The second-order valence-corrected chi connectivity index (χ2v) is 8.84. The number of nitrogens with zero attached hydrogens (tertiary/aromatic N) is 4. The van der Waals surface area contributed by atoms with E-state index in [1.54, 1.807) is 12.1 Å². The van der Waals surface area contributed by atoms with Crippen LogP contribution in [0.2, 0.25) is 0 Å². The predicted octanol–water partition coefficient (Wildman–Crippen LogP) is 2.91. The molecule has 4 rings (SSSR count). The fourth-order valence-electron chi connectivity index (χ4n) is 3.59. The van der Waals surface area contributed by atoms with Gasteiger partial charge in [0.05, 0.1) is 10.8 Å². The Balaban J connectivity index is 1.26. The number of tetrazole rings is 1. The molecule has 1 aliphatic rings. The third-order valence-electron chi connectivity index (χ3n) is 5.18. The van der Waals surface area contributed by atoms with E-state index in [9.17, 15) is 19.5 Å². The number of anilines is 1. The molecule has 11 heteroatoms. The van der Waals surface area contributed by atoms with Crippen LogP contribution in [0.1, 0.15) is 24.0 Å². The lowest BCUT2D eigenvalue weighted by Gasteiger charge is -2.14. The molecule has 0 spiro atoms. The second-order valence-electron chi connectivity index (χ2n) is 7.69. The van der Waals surface area contributed by atoms with Gasteiger partial charge in [0.2, 0.25) is 11.8 Å². The van der Waals surface area contributed by atoms with Gasteiger partial charge in [-0.2, -0.15) is 0 Å². The Morgan fingerprint density at radius 2 is 2.09 bits per heavy atom. The first kappa shape index (κ1) is 22.5. The first-order valence-electron chi connectivity index (χ1n) is 10.3. The molecule has 2 aromatic carbocycles. The molecule has 3 N–H and O–H groups in total. The normalized spacial score (nSPS) is 15.8. The van der Waals surface area contributed by atoms with Crippen molar-refractivity contribution in [1.82, 2.24) is 25.5 Å². The number of imide groups is 1. The number of benzene rings is 2. The SMILES string of the molecule is Cc1cccc(CC2SC(=O)N(CCCC(=O)Nc3ccc(-c4nnn[nH]4)c(O)c3)C2=O)c1. The molecule has 0 aliphatic carbocycles. The highest BCUT2D eigenvalue weighted by atomic mass is 32.2. The number of rotatable bonds is 8. The second kappa shape index (κ2) is 9.82. The lowest BCUT2D eigenvalue weighted by molar-refractivity contribution is -0.127. The zero-order chi connectivity index (χ0) is 23.4. The van der Waals surface area contributed by atoms with Crippen molar-refractivity contribution in [2.45, 2.75) is 31.4 Å². The molecule has 2 heterocycles. The van der Waals surface area contributed by atoms with Crippen LogP contribution in [0.25, 0.3) is 11.4 Å². The fourth-order valence-corrected chi connectivity index (χ4v) is 4.64. The average Bonchev–Trinajstić information content (AvgIpc) is 3.38. The van der Waals surface area contributed by atoms with Crippen LogP contribution >= 0.6 is 11.8 Å². The minimum atomic E-state index is -0.436. The number of H-pyrrole nitrogens is 1. The van der Waals surface area contributed by atoms with Crippen LogP contribution in [0, 0.1) is 6.92 Å². The van der Waals surface area contributed by atoms with E-state index in [2.05, 4.69) is 25.9 Å². The number of aromatic hydroxyl groups is 1. The van der Waals surface area contributed by atoms with E-state index in [1.165, 1.54) is 11.0 Å². The number of aryl methyl sites for hydroxylation is 1. The molecular weight excluding hydrogens is 444 g/mol. The number of carbonyl (C=O) groups is 3. The van der Waals surface area contributed by atoms with Crippen molar-refractivity contribution in [2.75, 3.05) is 11.9 Å². The van der Waals surface area contributed by atoms with Crippen molar-refractivity contribution >= 4 is 34.5 Å². The van der Waals surface area contributed by atoms with Gasteiger partial charge in [-0.25, -0.2) is 5.10 Å². The maximum Gasteiger partial charge on any atom is 0.289 e. The highest BCUT2D eigenvalue weighted by molar-refractivity contribution is 8.15. The van der Waals surface area contributed by atoms with E-state index < -0.39 is 5.25 Å². The molecule has 3 aromatic rings. The standard InChI is InChI=1S/C22H22N6O4S/c1-13-4-2-5-14(10-13)11-18-21(31)28(22(32)33-18)9-3-6-19(30)23-15-7-8-16(17(29)12-15)20-24-26-27-25-20/h2,4-5,7-8,10,12,18,29H,3,6,9,11H2,1H3,(H,23,30)(H,24,25,26,27). The van der Waals surface area contributed by atoms with E-state index in [0.29, 0.717) is 29.9 Å². The molecule has 0 saturated carbocycles. The van der Waals surface area contributed by atoms with Crippen LogP contribution in [0.3, 0.4) is 0 Å². The molecule has 33 heavy (non-hydrogen) atoms. The van der Waals surface area contributed by atoms with Gasteiger partial charge in [0, 0.05) is 24.7 Å². The van der Waals surface area contributed by atoms with Gasteiger partial charge in [0.15, 0.2) is 5.82 Å². The van der Waals surface area contributed by atoms with Gasteiger partial charge < -0.3 is 10.4 Å². The van der Waals surface area contributed by atoms with E-state index in [-0.39, 0.29) is 35.8 Å². The van der Waals surface area contributed by atoms with Crippen LogP contribution < -0.4 is 5.32 Å². The number of thioether (sulfide) groups is 1. The molecule has 3 amide bonds. The zero-order valence-corrected chi connectivity index (χ0v) is 18.6. The minimum Gasteiger partial charge on any atom is -0.507 e. The number of phenols is 1. The van der Waals surface area contributed by atoms with Crippen molar-refractivity contribution < 1.29 is 19.5 Å². The summed E-state index contributed by atoms with van der Waals surface area (Å²) in [6, 6.07) is 12.5. The Morgan fingerprint density at radius 3 is 2.82 bits per heavy atom. The van der Waals surface area contributed by atoms with Crippen LogP contribution in [-0.4, -0.2) is 59.5 Å². The van der Waals surface area contributed by atoms with Crippen molar-refractivity contribution in [3.8, 4) is 17.1 Å². The number of hydrogen-bond donors (Lipinski definition) is 3. The van der Waals surface area contributed by atoms with Crippen LogP contribution in [0.4, 0.5) is 10.5 Å². The van der Waals surface area contributed by atoms with Gasteiger partial charge in [0.1, 0.15) is 5.75 Å². The van der Waals surface area contributed by atoms with Crippen LogP contribution in [-0.2, 0) is 16.0 Å². The van der Waals surface area contributed by atoms with E-state index in [0.717, 1.165) is 22.9 Å². The maximum absolute atomic E-state index is 12.7. The molecule has 1 aromatic heterocycles. The summed E-state index contributed by atoms with van der Waals surface area (Å²) in [5.74, 6) is -0.277. The Labute approximate surface area is 193 Å².